The minimum atomic E-state index is -0.338. The maximum atomic E-state index is 6.00. The molecule has 0 aromatic heterocycles. The highest BCUT2D eigenvalue weighted by Gasteiger charge is 2.60. The molecule has 0 unspecified atom stereocenters. The van der Waals surface area contributed by atoms with Gasteiger partial charge in [0.15, 0.2) is 12.6 Å². The highest BCUT2D eigenvalue weighted by molar-refractivity contribution is 5.17. The number of rotatable bonds is 2. The van der Waals surface area contributed by atoms with Crippen molar-refractivity contribution in [3.05, 3.63) is 35.9 Å². The summed E-state index contributed by atoms with van der Waals surface area (Å²) in [4.78, 5) is 0. The molecule has 1 aromatic rings. The van der Waals surface area contributed by atoms with E-state index in [0.29, 0.717) is 6.61 Å². The first-order valence-corrected chi connectivity index (χ1v) is 6.52. The monoisotopic (exact) mass is 264 g/mol. The van der Waals surface area contributed by atoms with E-state index in [1.807, 2.05) is 30.3 Å². The van der Waals surface area contributed by atoms with Gasteiger partial charge in [-0.1, -0.05) is 30.3 Å². The molecule has 3 heterocycles. The van der Waals surface area contributed by atoms with E-state index in [-0.39, 0.29) is 37.0 Å². The SMILES string of the molecule is CO[C@H]1O[C@@H]2CO[C@H](c3ccccc3)O[C@H]2[C@@H]2O[C@@H]12. The first kappa shape index (κ1) is 11.8. The average Bonchev–Trinajstić information content (AvgIpc) is 3.27. The van der Waals surface area contributed by atoms with Crippen molar-refractivity contribution in [1.82, 2.24) is 0 Å². The maximum absolute atomic E-state index is 6.00. The summed E-state index contributed by atoms with van der Waals surface area (Å²) in [5.41, 5.74) is 1.02. The predicted octanol–water partition coefficient (Wildman–Crippen LogP) is 1.24. The Balaban J connectivity index is 1.50. The summed E-state index contributed by atoms with van der Waals surface area (Å²) in [7, 11) is 1.63. The third kappa shape index (κ3) is 1.98. The smallest absolute Gasteiger partial charge is 0.186 e. The number of benzene rings is 1. The Morgan fingerprint density at radius 1 is 1.00 bits per heavy atom. The summed E-state index contributed by atoms with van der Waals surface area (Å²) in [6, 6.07) is 9.92. The third-order valence-corrected chi connectivity index (χ3v) is 3.83. The van der Waals surface area contributed by atoms with Crippen molar-refractivity contribution in [3.8, 4) is 0 Å². The summed E-state index contributed by atoms with van der Waals surface area (Å²) < 4.78 is 28.4. The van der Waals surface area contributed by atoms with Gasteiger partial charge in [-0.25, -0.2) is 0 Å². The van der Waals surface area contributed by atoms with Crippen LogP contribution in [0.2, 0.25) is 0 Å². The molecule has 0 radical (unpaired) electrons. The van der Waals surface area contributed by atoms with Crippen LogP contribution in [0.1, 0.15) is 11.9 Å². The maximum Gasteiger partial charge on any atom is 0.186 e. The molecule has 0 amide bonds. The molecule has 5 nitrogen and oxygen atoms in total. The van der Waals surface area contributed by atoms with Crippen molar-refractivity contribution >= 4 is 0 Å². The van der Waals surface area contributed by atoms with E-state index in [0.717, 1.165) is 5.56 Å². The van der Waals surface area contributed by atoms with Gasteiger partial charge < -0.3 is 23.7 Å². The second-order valence-corrected chi connectivity index (χ2v) is 5.02. The highest BCUT2D eigenvalue weighted by Crippen LogP contribution is 2.43. The topological polar surface area (TPSA) is 49.5 Å². The largest absolute Gasteiger partial charge is 0.361 e. The molecule has 3 aliphatic rings. The first-order valence-electron chi connectivity index (χ1n) is 6.52. The number of fused-ring (bicyclic) bond motifs is 3. The lowest BCUT2D eigenvalue weighted by Gasteiger charge is -2.39. The van der Waals surface area contributed by atoms with E-state index in [1.165, 1.54) is 0 Å². The lowest BCUT2D eigenvalue weighted by Crippen LogP contribution is -2.52. The fraction of sp³-hybridized carbons (Fsp3) is 0.571. The number of ether oxygens (including phenoxy) is 5. The van der Waals surface area contributed by atoms with Crippen molar-refractivity contribution in [2.24, 2.45) is 0 Å². The van der Waals surface area contributed by atoms with E-state index in [9.17, 15) is 0 Å². The molecule has 1 aromatic carbocycles. The van der Waals surface area contributed by atoms with Crippen LogP contribution in [0, 0.1) is 0 Å². The molecule has 4 rings (SSSR count). The summed E-state index contributed by atoms with van der Waals surface area (Å²) in [6.07, 6.45) is -0.759. The number of epoxide rings is 1. The molecule has 0 aliphatic carbocycles. The zero-order valence-corrected chi connectivity index (χ0v) is 10.6. The van der Waals surface area contributed by atoms with Crippen LogP contribution in [0.5, 0.6) is 0 Å². The van der Waals surface area contributed by atoms with Gasteiger partial charge in [0.05, 0.1) is 6.61 Å². The molecular formula is C14H16O5. The van der Waals surface area contributed by atoms with Crippen LogP contribution in [0.25, 0.3) is 0 Å². The molecule has 0 bridgehead atoms. The fourth-order valence-electron chi connectivity index (χ4n) is 2.80. The van der Waals surface area contributed by atoms with Gasteiger partial charge in [-0.15, -0.1) is 0 Å². The van der Waals surface area contributed by atoms with E-state index in [1.54, 1.807) is 7.11 Å². The van der Waals surface area contributed by atoms with Crippen molar-refractivity contribution in [2.45, 2.75) is 37.0 Å². The van der Waals surface area contributed by atoms with Crippen LogP contribution in [-0.2, 0) is 23.7 Å². The van der Waals surface area contributed by atoms with Gasteiger partial charge in [-0.05, 0) is 0 Å². The zero-order chi connectivity index (χ0) is 12.8. The quantitative estimate of drug-likeness (QED) is 0.752. The van der Waals surface area contributed by atoms with Crippen LogP contribution in [0.3, 0.4) is 0 Å². The van der Waals surface area contributed by atoms with Crippen molar-refractivity contribution in [1.29, 1.82) is 0 Å². The third-order valence-electron chi connectivity index (χ3n) is 3.83. The minimum Gasteiger partial charge on any atom is -0.361 e. The molecule has 5 heteroatoms. The molecule has 0 saturated carbocycles. The molecular weight excluding hydrogens is 248 g/mol. The number of hydrogen-bond donors (Lipinski definition) is 0. The summed E-state index contributed by atoms with van der Waals surface area (Å²) in [5.74, 6) is 0. The van der Waals surface area contributed by atoms with E-state index in [2.05, 4.69) is 0 Å². The van der Waals surface area contributed by atoms with Gasteiger partial charge in [0.25, 0.3) is 0 Å². The molecule has 3 saturated heterocycles. The van der Waals surface area contributed by atoms with Gasteiger partial charge in [0.1, 0.15) is 24.4 Å². The van der Waals surface area contributed by atoms with Crippen LogP contribution in [0.15, 0.2) is 30.3 Å². The van der Waals surface area contributed by atoms with Crippen molar-refractivity contribution in [3.63, 3.8) is 0 Å². The summed E-state index contributed by atoms with van der Waals surface area (Å²) in [5, 5.41) is 0. The lowest BCUT2D eigenvalue weighted by molar-refractivity contribution is -0.304. The lowest BCUT2D eigenvalue weighted by atomic mass is 10.0. The second-order valence-electron chi connectivity index (χ2n) is 5.02. The number of hydrogen-bond acceptors (Lipinski definition) is 5. The van der Waals surface area contributed by atoms with E-state index < -0.39 is 0 Å². The normalized spacial score (nSPS) is 44.3. The molecule has 0 spiro atoms. The van der Waals surface area contributed by atoms with Crippen LogP contribution in [0.4, 0.5) is 0 Å². The summed E-state index contributed by atoms with van der Waals surface area (Å²) in [6.45, 7) is 0.497. The molecule has 3 aliphatic heterocycles. The van der Waals surface area contributed by atoms with Gasteiger partial charge in [-0.2, -0.15) is 0 Å². The van der Waals surface area contributed by atoms with Gasteiger partial charge in [-0.3, -0.25) is 0 Å². The molecule has 3 fully saturated rings. The van der Waals surface area contributed by atoms with Crippen molar-refractivity contribution < 1.29 is 23.7 Å². The summed E-state index contributed by atoms with van der Waals surface area (Å²) >= 11 is 0. The number of methoxy groups -OCH3 is 1. The van der Waals surface area contributed by atoms with Gasteiger partial charge >= 0.3 is 0 Å². The Morgan fingerprint density at radius 3 is 2.63 bits per heavy atom. The first-order chi connectivity index (χ1) is 9.36. The Bertz CT molecular complexity index is 450. The van der Waals surface area contributed by atoms with E-state index in [4.69, 9.17) is 23.7 Å². The van der Waals surface area contributed by atoms with Crippen LogP contribution in [-0.4, -0.2) is 44.4 Å². The molecule has 102 valence electrons. The molecule has 19 heavy (non-hydrogen) atoms. The predicted molar refractivity (Wildman–Crippen MR) is 64.3 cm³/mol. The Morgan fingerprint density at radius 2 is 1.84 bits per heavy atom. The highest BCUT2D eigenvalue weighted by atomic mass is 16.8. The average molecular weight is 264 g/mol. The van der Waals surface area contributed by atoms with Gasteiger partial charge in [0, 0.05) is 12.7 Å². The standard InChI is InChI=1S/C14H16O5/c1-15-14-12-11(18-12)10-9(17-14)7-16-13(19-10)8-5-3-2-4-6-8/h2-6,9-14H,7H2,1H3/t9-,10-,11+,12-,13+,14+/m1/s1. The Hall–Kier alpha value is -0.980. The zero-order valence-electron chi connectivity index (χ0n) is 10.6. The second kappa shape index (κ2) is 4.54. The Labute approximate surface area is 111 Å². The molecule has 0 N–H and O–H groups in total. The Kier molecular flexibility index (Phi) is 2.82. The fourth-order valence-corrected chi connectivity index (χ4v) is 2.80. The van der Waals surface area contributed by atoms with Crippen LogP contribution >= 0.6 is 0 Å². The van der Waals surface area contributed by atoms with Gasteiger partial charge in [0.2, 0.25) is 0 Å². The minimum absolute atomic E-state index is 0.000716. The molecule has 6 atom stereocenters. The van der Waals surface area contributed by atoms with Crippen LogP contribution < -0.4 is 0 Å². The van der Waals surface area contributed by atoms with E-state index >= 15 is 0 Å². The van der Waals surface area contributed by atoms with Crippen molar-refractivity contribution in [2.75, 3.05) is 13.7 Å².